The zero-order valence-corrected chi connectivity index (χ0v) is 21.2. The van der Waals surface area contributed by atoms with Gasteiger partial charge in [-0.1, -0.05) is 18.2 Å². The number of allylic oxidation sites excluding steroid dienone is 1. The molecule has 0 aliphatic carbocycles. The van der Waals surface area contributed by atoms with E-state index in [9.17, 15) is 45.0 Å². The molecule has 40 heavy (non-hydrogen) atoms. The third-order valence-corrected chi connectivity index (χ3v) is 6.54. The van der Waals surface area contributed by atoms with E-state index in [0.717, 1.165) is 6.26 Å². The quantitative estimate of drug-likeness (QED) is 0.121. The van der Waals surface area contributed by atoms with Gasteiger partial charge in [-0.15, -0.1) is 6.58 Å². The van der Waals surface area contributed by atoms with Gasteiger partial charge in [0, 0.05) is 17.9 Å². The Bertz CT molecular complexity index is 1160. The molecule has 0 bridgehead atoms. The van der Waals surface area contributed by atoms with E-state index in [2.05, 4.69) is 6.58 Å². The third kappa shape index (κ3) is 7.29. The van der Waals surface area contributed by atoms with Crippen molar-refractivity contribution in [2.24, 2.45) is 11.8 Å². The number of aryl methyl sites for hydroxylation is 1. The minimum atomic E-state index is -1.72. The van der Waals surface area contributed by atoms with Gasteiger partial charge in [0.25, 0.3) is 0 Å². The molecule has 0 spiro atoms. The summed E-state index contributed by atoms with van der Waals surface area (Å²) in [7, 11) is 0. The van der Waals surface area contributed by atoms with Crippen LogP contribution in [0.15, 0.2) is 49.0 Å². The van der Waals surface area contributed by atoms with Crippen LogP contribution in [0.5, 0.6) is 0 Å². The van der Waals surface area contributed by atoms with Gasteiger partial charge in [0.2, 0.25) is 6.29 Å². The molecule has 2 aliphatic rings. The summed E-state index contributed by atoms with van der Waals surface area (Å²) in [5, 5.41) is 67.9. The molecule has 14 nitrogen and oxygen atoms in total. The number of carboxylic acids is 3. The molecule has 0 saturated carbocycles. The SMILES string of the molecule is C=C[C@H]1[C@H](O[C@@H]2O[C@H](CO)[C@@H](O)[C@H](O)[C@H]2O)OC=C(C(=O)O)[C@H]1/C=C/c1cc(C(=O)O)c[n+](CCCC(=O)O)c1. The van der Waals surface area contributed by atoms with Crippen molar-refractivity contribution in [2.75, 3.05) is 6.61 Å². The van der Waals surface area contributed by atoms with Gasteiger partial charge in [0.1, 0.15) is 36.5 Å². The Morgan fingerprint density at radius 3 is 2.35 bits per heavy atom. The molecular formula is C26H32NO13+. The van der Waals surface area contributed by atoms with Gasteiger partial charge in [0.15, 0.2) is 18.7 Å². The molecule has 2 aliphatic heterocycles. The molecule has 7 N–H and O–H groups in total. The summed E-state index contributed by atoms with van der Waals surface area (Å²) in [5.41, 5.74) is 0.141. The first-order valence-corrected chi connectivity index (χ1v) is 12.3. The zero-order valence-electron chi connectivity index (χ0n) is 21.2. The van der Waals surface area contributed by atoms with Crippen LogP contribution in [-0.2, 0) is 30.3 Å². The largest absolute Gasteiger partial charge is 0.481 e. The van der Waals surface area contributed by atoms with E-state index < -0.39 is 73.3 Å². The minimum Gasteiger partial charge on any atom is -0.481 e. The first kappa shape index (κ1) is 30.9. The molecule has 8 atom stereocenters. The Hall–Kier alpha value is -3.66. The number of nitrogens with zero attached hydrogens (tertiary/aromatic N) is 1. The number of rotatable bonds is 12. The van der Waals surface area contributed by atoms with E-state index >= 15 is 0 Å². The number of pyridine rings is 1. The molecule has 1 saturated heterocycles. The lowest BCUT2D eigenvalue weighted by atomic mass is 9.83. The zero-order chi connectivity index (χ0) is 29.6. The van der Waals surface area contributed by atoms with Gasteiger partial charge in [-0.25, -0.2) is 14.2 Å². The lowest BCUT2D eigenvalue weighted by Crippen LogP contribution is -2.60. The van der Waals surface area contributed by atoms with Crippen molar-refractivity contribution in [3.8, 4) is 0 Å². The number of aliphatic hydroxyl groups is 4. The van der Waals surface area contributed by atoms with Crippen LogP contribution in [0.25, 0.3) is 6.08 Å². The summed E-state index contributed by atoms with van der Waals surface area (Å²) >= 11 is 0. The van der Waals surface area contributed by atoms with E-state index in [0.29, 0.717) is 5.56 Å². The summed E-state index contributed by atoms with van der Waals surface area (Å²) in [4.78, 5) is 34.4. The van der Waals surface area contributed by atoms with Gasteiger partial charge in [-0.2, -0.15) is 0 Å². The second-order valence-electron chi connectivity index (χ2n) is 9.31. The fourth-order valence-corrected chi connectivity index (χ4v) is 4.43. The maximum atomic E-state index is 12.0. The number of carbonyl (C=O) groups is 3. The van der Waals surface area contributed by atoms with Crippen LogP contribution in [0.4, 0.5) is 0 Å². The number of carboxylic acid groups (broad SMARTS) is 3. The summed E-state index contributed by atoms with van der Waals surface area (Å²) in [6, 6.07) is 1.36. The van der Waals surface area contributed by atoms with Gasteiger partial charge in [-0.05, 0) is 6.07 Å². The van der Waals surface area contributed by atoms with Crippen LogP contribution >= 0.6 is 0 Å². The highest BCUT2D eigenvalue weighted by Crippen LogP contribution is 2.36. The maximum absolute atomic E-state index is 12.0. The molecule has 3 rings (SSSR count). The normalized spacial score (nSPS) is 30.4. The highest BCUT2D eigenvalue weighted by Gasteiger charge is 2.47. The molecule has 0 amide bonds. The third-order valence-electron chi connectivity index (χ3n) is 6.54. The molecule has 1 aromatic heterocycles. The monoisotopic (exact) mass is 566 g/mol. The van der Waals surface area contributed by atoms with Crippen molar-refractivity contribution < 1.29 is 68.9 Å². The number of aromatic nitrogens is 1. The predicted molar refractivity (Wildman–Crippen MR) is 132 cm³/mol. The van der Waals surface area contributed by atoms with Crippen LogP contribution in [0, 0.1) is 11.8 Å². The minimum absolute atomic E-state index is 0.0671. The van der Waals surface area contributed by atoms with Crippen molar-refractivity contribution in [2.45, 2.75) is 56.4 Å². The first-order valence-electron chi connectivity index (χ1n) is 12.3. The number of aliphatic hydroxyl groups excluding tert-OH is 4. The Labute approximate surface area is 228 Å². The van der Waals surface area contributed by atoms with E-state index in [1.165, 1.54) is 35.1 Å². The number of ether oxygens (including phenoxy) is 3. The highest BCUT2D eigenvalue weighted by molar-refractivity contribution is 5.88. The maximum Gasteiger partial charge on any atom is 0.341 e. The lowest BCUT2D eigenvalue weighted by Gasteiger charge is -2.42. The van der Waals surface area contributed by atoms with Gasteiger partial charge >= 0.3 is 17.9 Å². The summed E-state index contributed by atoms with van der Waals surface area (Å²) in [6.07, 6.45) is -0.715. The fraction of sp³-hybridized carbons (Fsp3) is 0.462. The molecule has 0 radical (unpaired) electrons. The van der Waals surface area contributed by atoms with Crippen molar-refractivity contribution in [1.29, 1.82) is 0 Å². The van der Waals surface area contributed by atoms with E-state index in [1.54, 1.807) is 6.20 Å². The topological polar surface area (TPSA) is 224 Å². The second kappa shape index (κ2) is 13.6. The number of hydrogen-bond donors (Lipinski definition) is 7. The predicted octanol–water partition coefficient (Wildman–Crippen LogP) is -0.890. The average molecular weight is 567 g/mol. The van der Waals surface area contributed by atoms with E-state index in [-0.39, 0.29) is 30.5 Å². The van der Waals surface area contributed by atoms with Crippen LogP contribution in [0.1, 0.15) is 28.8 Å². The molecular weight excluding hydrogens is 534 g/mol. The molecule has 3 heterocycles. The average Bonchev–Trinajstić information content (AvgIpc) is 2.91. The first-order chi connectivity index (χ1) is 19.0. The summed E-state index contributed by atoms with van der Waals surface area (Å²) in [6.45, 7) is 3.28. The molecule has 0 aromatic carbocycles. The van der Waals surface area contributed by atoms with Gasteiger partial charge in [0.05, 0.1) is 30.8 Å². The second-order valence-corrected chi connectivity index (χ2v) is 9.31. The van der Waals surface area contributed by atoms with Crippen LogP contribution < -0.4 is 4.57 Å². The molecule has 0 unspecified atom stereocenters. The molecule has 1 fully saturated rings. The number of aromatic carboxylic acids is 1. The summed E-state index contributed by atoms with van der Waals surface area (Å²) in [5.74, 6) is -5.32. The Morgan fingerprint density at radius 2 is 1.75 bits per heavy atom. The molecule has 1 aromatic rings. The van der Waals surface area contributed by atoms with E-state index in [4.69, 9.17) is 19.3 Å². The number of hydrogen-bond acceptors (Lipinski definition) is 10. The van der Waals surface area contributed by atoms with Crippen LogP contribution in [0.3, 0.4) is 0 Å². The highest BCUT2D eigenvalue weighted by atomic mass is 16.8. The fourth-order valence-electron chi connectivity index (χ4n) is 4.43. The number of aliphatic carboxylic acids is 2. The van der Waals surface area contributed by atoms with Gasteiger partial charge < -0.3 is 50.0 Å². The van der Waals surface area contributed by atoms with Crippen molar-refractivity contribution in [3.63, 3.8) is 0 Å². The Morgan fingerprint density at radius 1 is 1.02 bits per heavy atom. The molecule has 218 valence electrons. The standard InChI is InChI=1S/C26H31NO13/c1-2-15-16(6-5-13-8-14(23(34)35)10-27(9-13)7-3-4-19(29)30)17(24(36)37)12-38-25(15)40-26-22(33)21(32)20(31)18(11-28)39-26/h2,5-6,8-10,12,15-16,18,20-22,25-26,28,31-33H,1,3-4,7,11H2,(H2-,29,30,34,35,36,37)/p+1/b6-5+/t15-,16+,18-,20-,21+,22-,25+,26+/m1/s1. The van der Waals surface area contributed by atoms with Gasteiger partial charge in [-0.3, -0.25) is 4.79 Å². The summed E-state index contributed by atoms with van der Waals surface area (Å²) < 4.78 is 18.0. The molecule has 14 heteroatoms. The van der Waals surface area contributed by atoms with Crippen molar-refractivity contribution >= 4 is 24.0 Å². The Balaban J connectivity index is 1.88. The van der Waals surface area contributed by atoms with Crippen molar-refractivity contribution in [1.82, 2.24) is 0 Å². The van der Waals surface area contributed by atoms with Crippen molar-refractivity contribution in [3.05, 3.63) is 60.2 Å². The Kier molecular flexibility index (Phi) is 10.5. The lowest BCUT2D eigenvalue weighted by molar-refractivity contribution is -0.697. The van der Waals surface area contributed by atoms with Crippen LogP contribution in [-0.4, -0.2) is 97.3 Å². The smallest absolute Gasteiger partial charge is 0.341 e. The van der Waals surface area contributed by atoms with Crippen LogP contribution in [0.2, 0.25) is 0 Å². The van der Waals surface area contributed by atoms with E-state index in [1.807, 2.05) is 0 Å².